The quantitative estimate of drug-likeness (QED) is 0.890. The van der Waals surface area contributed by atoms with Gasteiger partial charge in [-0.05, 0) is 43.4 Å². The second kappa shape index (κ2) is 6.79. The zero-order valence-corrected chi connectivity index (χ0v) is 13.0. The lowest BCUT2D eigenvalue weighted by Gasteiger charge is -2.19. The van der Waals surface area contributed by atoms with Gasteiger partial charge in [-0.25, -0.2) is 0 Å². The number of halogens is 2. The molecular weight excluding hydrogens is 295 g/mol. The van der Waals surface area contributed by atoms with Gasteiger partial charge in [-0.15, -0.1) is 0 Å². The first-order chi connectivity index (χ1) is 9.47. The van der Waals surface area contributed by atoms with Crippen LogP contribution in [-0.4, -0.2) is 11.9 Å². The first kappa shape index (κ1) is 15.6. The molecule has 1 fully saturated rings. The predicted molar refractivity (Wildman–Crippen MR) is 83.0 cm³/mol. The molecular formula is C15H20Cl2N2O. The topological polar surface area (TPSA) is 55.1 Å². The van der Waals surface area contributed by atoms with Crippen molar-refractivity contribution in [2.24, 2.45) is 11.7 Å². The highest BCUT2D eigenvalue weighted by Gasteiger charge is 2.26. The monoisotopic (exact) mass is 314 g/mol. The van der Waals surface area contributed by atoms with Gasteiger partial charge in [-0.3, -0.25) is 4.79 Å². The second-order valence-corrected chi connectivity index (χ2v) is 6.36. The van der Waals surface area contributed by atoms with Crippen LogP contribution in [0, 0.1) is 5.92 Å². The molecule has 0 aliphatic heterocycles. The van der Waals surface area contributed by atoms with Gasteiger partial charge in [0.15, 0.2) is 0 Å². The maximum absolute atomic E-state index is 12.1. The summed E-state index contributed by atoms with van der Waals surface area (Å²) < 4.78 is 0. The summed E-state index contributed by atoms with van der Waals surface area (Å²) in [6.45, 7) is 1.92. The molecule has 0 aromatic heterocycles. The first-order valence-electron chi connectivity index (χ1n) is 6.97. The van der Waals surface area contributed by atoms with Gasteiger partial charge in [0.2, 0.25) is 5.91 Å². The molecule has 2 rings (SSSR count). The van der Waals surface area contributed by atoms with Crippen LogP contribution < -0.4 is 11.1 Å². The Balaban J connectivity index is 1.93. The van der Waals surface area contributed by atoms with Crippen LogP contribution in [0.5, 0.6) is 0 Å². The molecule has 1 unspecified atom stereocenters. The van der Waals surface area contributed by atoms with E-state index in [-0.39, 0.29) is 18.0 Å². The Morgan fingerprint density at radius 1 is 1.45 bits per heavy atom. The Morgan fingerprint density at radius 3 is 2.80 bits per heavy atom. The third-order valence-electron chi connectivity index (χ3n) is 3.97. The molecule has 3 nitrogen and oxygen atoms in total. The molecule has 0 saturated heterocycles. The van der Waals surface area contributed by atoms with Crippen LogP contribution >= 0.6 is 23.2 Å². The van der Waals surface area contributed by atoms with Crippen molar-refractivity contribution < 1.29 is 4.79 Å². The SMILES string of the molecule is CC(NC(=O)C[C@@H]1CCC[C@H]1N)c1ccc(Cl)cc1Cl. The summed E-state index contributed by atoms with van der Waals surface area (Å²) in [5, 5.41) is 4.15. The van der Waals surface area contributed by atoms with Crippen LogP contribution in [0.25, 0.3) is 0 Å². The zero-order valence-electron chi connectivity index (χ0n) is 11.5. The van der Waals surface area contributed by atoms with Crippen LogP contribution in [0.4, 0.5) is 0 Å². The first-order valence-corrected chi connectivity index (χ1v) is 7.73. The number of rotatable bonds is 4. The molecule has 1 aromatic carbocycles. The van der Waals surface area contributed by atoms with E-state index in [1.165, 1.54) is 0 Å². The molecule has 0 radical (unpaired) electrons. The average molecular weight is 315 g/mol. The van der Waals surface area contributed by atoms with Gasteiger partial charge >= 0.3 is 0 Å². The molecule has 0 bridgehead atoms. The highest BCUT2D eigenvalue weighted by atomic mass is 35.5. The van der Waals surface area contributed by atoms with Crippen molar-refractivity contribution in [3.8, 4) is 0 Å². The molecule has 1 aromatic rings. The molecule has 110 valence electrons. The summed E-state index contributed by atoms with van der Waals surface area (Å²) in [7, 11) is 0. The van der Waals surface area contributed by atoms with Crippen molar-refractivity contribution in [3.05, 3.63) is 33.8 Å². The van der Waals surface area contributed by atoms with Crippen molar-refractivity contribution in [2.75, 3.05) is 0 Å². The van der Waals surface area contributed by atoms with Crippen LogP contribution in [-0.2, 0) is 4.79 Å². The fraction of sp³-hybridized carbons (Fsp3) is 0.533. The van der Waals surface area contributed by atoms with E-state index in [1.54, 1.807) is 12.1 Å². The van der Waals surface area contributed by atoms with E-state index in [0.717, 1.165) is 24.8 Å². The summed E-state index contributed by atoms with van der Waals surface area (Å²) in [6.07, 6.45) is 3.69. The van der Waals surface area contributed by atoms with E-state index in [4.69, 9.17) is 28.9 Å². The van der Waals surface area contributed by atoms with Crippen molar-refractivity contribution in [3.63, 3.8) is 0 Å². The van der Waals surface area contributed by atoms with Crippen LogP contribution in [0.2, 0.25) is 10.0 Å². The van der Waals surface area contributed by atoms with E-state index in [1.807, 2.05) is 13.0 Å². The van der Waals surface area contributed by atoms with E-state index in [2.05, 4.69) is 5.32 Å². The van der Waals surface area contributed by atoms with E-state index in [9.17, 15) is 4.79 Å². The van der Waals surface area contributed by atoms with Gasteiger partial charge in [0.25, 0.3) is 0 Å². The lowest BCUT2D eigenvalue weighted by Crippen LogP contribution is -2.33. The summed E-state index contributed by atoms with van der Waals surface area (Å²) in [5.74, 6) is 0.341. The van der Waals surface area contributed by atoms with E-state index < -0.39 is 0 Å². The number of hydrogen-bond donors (Lipinski definition) is 2. The van der Waals surface area contributed by atoms with Gasteiger partial charge < -0.3 is 11.1 Å². The molecule has 1 saturated carbocycles. The Labute approximate surface area is 129 Å². The number of benzene rings is 1. The third-order valence-corrected chi connectivity index (χ3v) is 4.53. The zero-order chi connectivity index (χ0) is 14.7. The fourth-order valence-electron chi connectivity index (χ4n) is 2.79. The minimum atomic E-state index is -0.134. The summed E-state index contributed by atoms with van der Waals surface area (Å²) in [5.41, 5.74) is 6.87. The minimum Gasteiger partial charge on any atom is -0.350 e. The Bertz CT molecular complexity index is 493. The maximum atomic E-state index is 12.1. The summed E-state index contributed by atoms with van der Waals surface area (Å²) in [6, 6.07) is 5.34. The van der Waals surface area contributed by atoms with Crippen LogP contribution in [0.1, 0.15) is 44.2 Å². The second-order valence-electron chi connectivity index (χ2n) is 5.51. The highest BCUT2D eigenvalue weighted by molar-refractivity contribution is 6.35. The smallest absolute Gasteiger partial charge is 0.220 e. The lowest BCUT2D eigenvalue weighted by molar-refractivity contribution is -0.122. The Kier molecular flexibility index (Phi) is 5.30. The van der Waals surface area contributed by atoms with Crippen molar-refractivity contribution in [1.82, 2.24) is 5.32 Å². The maximum Gasteiger partial charge on any atom is 0.220 e. The largest absolute Gasteiger partial charge is 0.350 e. The van der Waals surface area contributed by atoms with Crippen molar-refractivity contribution in [1.29, 1.82) is 0 Å². The molecule has 0 spiro atoms. The molecule has 20 heavy (non-hydrogen) atoms. The van der Waals surface area contributed by atoms with Crippen LogP contribution in [0.3, 0.4) is 0 Å². The average Bonchev–Trinajstić information content (AvgIpc) is 2.74. The summed E-state index contributed by atoms with van der Waals surface area (Å²) >= 11 is 12.0. The van der Waals surface area contributed by atoms with Gasteiger partial charge in [0.05, 0.1) is 6.04 Å². The number of amides is 1. The molecule has 3 atom stereocenters. The van der Waals surface area contributed by atoms with Gasteiger partial charge in [-0.1, -0.05) is 35.7 Å². The van der Waals surface area contributed by atoms with Gasteiger partial charge in [0.1, 0.15) is 0 Å². The number of carbonyl (C=O) groups is 1. The molecule has 1 aliphatic carbocycles. The Hall–Kier alpha value is -0.770. The normalized spacial score (nSPS) is 23.6. The predicted octanol–water partition coefficient (Wildman–Crippen LogP) is 3.69. The number of carbonyl (C=O) groups excluding carboxylic acids is 1. The third kappa shape index (κ3) is 3.87. The molecule has 1 aliphatic rings. The van der Waals surface area contributed by atoms with Gasteiger partial charge in [-0.2, -0.15) is 0 Å². The summed E-state index contributed by atoms with van der Waals surface area (Å²) in [4.78, 5) is 12.1. The Morgan fingerprint density at radius 2 is 2.20 bits per heavy atom. The van der Waals surface area contributed by atoms with Crippen molar-refractivity contribution >= 4 is 29.1 Å². The number of hydrogen-bond acceptors (Lipinski definition) is 2. The molecule has 5 heteroatoms. The minimum absolute atomic E-state index is 0.0332. The fourth-order valence-corrected chi connectivity index (χ4v) is 3.36. The molecule has 3 N–H and O–H groups in total. The highest BCUT2D eigenvalue weighted by Crippen LogP contribution is 2.28. The van der Waals surface area contributed by atoms with E-state index in [0.29, 0.717) is 22.4 Å². The van der Waals surface area contributed by atoms with Crippen LogP contribution in [0.15, 0.2) is 18.2 Å². The standard InChI is InChI=1S/C15H20Cl2N2O/c1-9(12-6-5-11(16)8-13(12)17)19-15(20)7-10-3-2-4-14(10)18/h5-6,8-10,14H,2-4,7,18H2,1H3,(H,19,20)/t9?,10-,14+/m0/s1. The number of nitrogens with two attached hydrogens (primary N) is 1. The van der Waals surface area contributed by atoms with Crippen molar-refractivity contribution in [2.45, 2.75) is 44.7 Å². The molecule has 0 heterocycles. The van der Waals surface area contributed by atoms with Gasteiger partial charge in [0, 0.05) is 22.5 Å². The molecule has 1 amide bonds. The lowest BCUT2D eigenvalue weighted by atomic mass is 9.99. The number of nitrogens with one attached hydrogen (secondary N) is 1. The van der Waals surface area contributed by atoms with E-state index >= 15 is 0 Å².